The first-order valence-electron chi connectivity index (χ1n) is 8.72. The predicted molar refractivity (Wildman–Crippen MR) is 113 cm³/mol. The van der Waals surface area contributed by atoms with E-state index < -0.39 is 9.84 Å². The lowest BCUT2D eigenvalue weighted by Crippen LogP contribution is -2.26. The summed E-state index contributed by atoms with van der Waals surface area (Å²) in [6.45, 7) is 1.59. The van der Waals surface area contributed by atoms with Crippen molar-refractivity contribution in [3.63, 3.8) is 0 Å². The van der Waals surface area contributed by atoms with Crippen LogP contribution < -0.4 is 10.2 Å². The molecule has 1 aliphatic heterocycles. The number of nitrogens with one attached hydrogen (secondary N) is 1. The Labute approximate surface area is 173 Å². The van der Waals surface area contributed by atoms with Crippen molar-refractivity contribution in [2.45, 2.75) is 17.4 Å². The third-order valence-corrected chi connectivity index (χ3v) is 6.46. The van der Waals surface area contributed by atoms with Crippen LogP contribution >= 0.6 is 23.2 Å². The SMILES string of the molecule is CS(=O)(=O)c1ccc2ncnc(NC3CCN(c4ccc(Cl)cc4Cl)C3)c2c1. The Bertz CT molecular complexity index is 1150. The van der Waals surface area contributed by atoms with E-state index >= 15 is 0 Å². The number of benzene rings is 2. The lowest BCUT2D eigenvalue weighted by atomic mass is 10.2. The Morgan fingerprint density at radius 3 is 2.71 bits per heavy atom. The zero-order valence-electron chi connectivity index (χ0n) is 15.1. The highest BCUT2D eigenvalue weighted by molar-refractivity contribution is 7.90. The molecule has 1 aromatic heterocycles. The van der Waals surface area contributed by atoms with E-state index in [1.54, 1.807) is 24.3 Å². The van der Waals surface area contributed by atoms with Crippen LogP contribution in [-0.2, 0) is 9.84 Å². The molecule has 0 spiro atoms. The van der Waals surface area contributed by atoms with Crippen molar-refractivity contribution >= 4 is 55.4 Å². The van der Waals surface area contributed by atoms with Gasteiger partial charge in [-0.2, -0.15) is 0 Å². The first-order chi connectivity index (χ1) is 13.3. The second kappa shape index (κ2) is 7.39. The fourth-order valence-corrected chi connectivity index (χ4v) is 4.58. The van der Waals surface area contributed by atoms with E-state index in [1.165, 1.54) is 12.6 Å². The quantitative estimate of drug-likeness (QED) is 0.665. The highest BCUT2D eigenvalue weighted by Crippen LogP contribution is 2.32. The van der Waals surface area contributed by atoms with Crippen LogP contribution in [0.5, 0.6) is 0 Å². The van der Waals surface area contributed by atoms with Crippen LogP contribution in [0.1, 0.15) is 6.42 Å². The highest BCUT2D eigenvalue weighted by Gasteiger charge is 2.25. The Kier molecular flexibility index (Phi) is 5.07. The number of hydrogen-bond acceptors (Lipinski definition) is 6. The zero-order valence-corrected chi connectivity index (χ0v) is 17.4. The molecule has 1 atom stereocenters. The number of aromatic nitrogens is 2. The van der Waals surface area contributed by atoms with Gasteiger partial charge >= 0.3 is 0 Å². The predicted octanol–water partition coefficient (Wildman–Crippen LogP) is 4.03. The van der Waals surface area contributed by atoms with E-state index in [2.05, 4.69) is 20.2 Å². The van der Waals surface area contributed by atoms with E-state index in [9.17, 15) is 8.42 Å². The van der Waals surface area contributed by atoms with Gasteiger partial charge in [-0.05, 0) is 42.8 Å². The van der Waals surface area contributed by atoms with Gasteiger partial charge in [0.25, 0.3) is 0 Å². The van der Waals surface area contributed by atoms with Gasteiger partial charge in [-0.1, -0.05) is 23.2 Å². The summed E-state index contributed by atoms with van der Waals surface area (Å²) < 4.78 is 23.8. The van der Waals surface area contributed by atoms with Crippen molar-refractivity contribution in [2.75, 3.05) is 29.6 Å². The minimum Gasteiger partial charge on any atom is -0.368 e. The van der Waals surface area contributed by atoms with Crippen LogP contribution in [0.4, 0.5) is 11.5 Å². The van der Waals surface area contributed by atoms with Crippen molar-refractivity contribution in [3.8, 4) is 0 Å². The molecule has 28 heavy (non-hydrogen) atoms. The molecule has 146 valence electrons. The van der Waals surface area contributed by atoms with Gasteiger partial charge in [0.05, 0.1) is 21.1 Å². The molecule has 9 heteroatoms. The molecule has 3 aromatic rings. The zero-order chi connectivity index (χ0) is 19.9. The number of halogens is 2. The molecular weight excluding hydrogens is 419 g/mol. The summed E-state index contributed by atoms with van der Waals surface area (Å²) in [5, 5.41) is 5.36. The van der Waals surface area contributed by atoms with Gasteiger partial charge in [-0.15, -0.1) is 0 Å². The summed E-state index contributed by atoms with van der Waals surface area (Å²) in [5.41, 5.74) is 1.64. The van der Waals surface area contributed by atoms with Gasteiger partial charge in [0.2, 0.25) is 0 Å². The van der Waals surface area contributed by atoms with Gasteiger partial charge in [-0.3, -0.25) is 0 Å². The van der Waals surface area contributed by atoms with Gasteiger partial charge in [0.1, 0.15) is 12.1 Å². The second-order valence-corrected chi connectivity index (χ2v) is 9.70. The highest BCUT2D eigenvalue weighted by atomic mass is 35.5. The molecule has 6 nitrogen and oxygen atoms in total. The molecule has 2 heterocycles. The molecule has 0 saturated carbocycles. The standard InChI is InChI=1S/C19H18Cl2N4O2S/c1-28(26,27)14-3-4-17-15(9-14)19(23-11-22-17)24-13-6-7-25(10-13)18-5-2-12(20)8-16(18)21/h2-5,8-9,11,13H,6-7,10H2,1H3,(H,22,23,24). The normalized spacial score (nSPS) is 17.2. The Morgan fingerprint density at radius 1 is 1.14 bits per heavy atom. The lowest BCUT2D eigenvalue weighted by Gasteiger charge is -2.21. The van der Waals surface area contributed by atoms with Gasteiger partial charge < -0.3 is 10.2 Å². The van der Waals surface area contributed by atoms with Crippen LogP contribution in [0, 0.1) is 0 Å². The third kappa shape index (κ3) is 3.87. The van der Waals surface area contributed by atoms with Crippen molar-refractivity contribution in [2.24, 2.45) is 0 Å². The Morgan fingerprint density at radius 2 is 1.96 bits per heavy atom. The first-order valence-corrected chi connectivity index (χ1v) is 11.4. The van der Waals surface area contributed by atoms with Gasteiger partial charge in [0, 0.05) is 35.8 Å². The lowest BCUT2D eigenvalue weighted by molar-refractivity contribution is 0.602. The molecule has 0 aliphatic carbocycles. The van der Waals surface area contributed by atoms with Crippen LogP contribution in [0.2, 0.25) is 10.0 Å². The molecule has 2 aromatic carbocycles. The van der Waals surface area contributed by atoms with Crippen LogP contribution in [-0.4, -0.2) is 43.8 Å². The summed E-state index contributed by atoms with van der Waals surface area (Å²) in [6.07, 6.45) is 3.57. The maximum atomic E-state index is 11.9. The van der Waals surface area contributed by atoms with E-state index in [0.29, 0.717) is 26.8 Å². The molecule has 0 amide bonds. The maximum Gasteiger partial charge on any atom is 0.175 e. The summed E-state index contributed by atoms with van der Waals surface area (Å²) >= 11 is 12.3. The second-order valence-electron chi connectivity index (χ2n) is 6.85. The van der Waals surface area contributed by atoms with E-state index in [4.69, 9.17) is 23.2 Å². The van der Waals surface area contributed by atoms with Crippen molar-refractivity contribution in [1.82, 2.24) is 9.97 Å². The summed E-state index contributed by atoms with van der Waals surface area (Å²) in [7, 11) is -3.31. The third-order valence-electron chi connectivity index (χ3n) is 4.81. The van der Waals surface area contributed by atoms with Crippen molar-refractivity contribution < 1.29 is 8.42 Å². The molecule has 1 unspecified atom stereocenters. The first kappa shape index (κ1) is 19.2. The number of hydrogen-bond donors (Lipinski definition) is 1. The molecule has 1 aliphatic rings. The molecule has 4 rings (SSSR count). The maximum absolute atomic E-state index is 11.9. The summed E-state index contributed by atoms with van der Waals surface area (Å²) in [4.78, 5) is 11.0. The van der Waals surface area contributed by atoms with E-state index in [0.717, 1.165) is 25.2 Å². The number of nitrogens with zero attached hydrogens (tertiary/aromatic N) is 3. The topological polar surface area (TPSA) is 75.2 Å². The van der Waals surface area contributed by atoms with Crippen LogP contribution in [0.15, 0.2) is 47.6 Å². The molecule has 0 radical (unpaired) electrons. The van der Waals surface area contributed by atoms with E-state index in [-0.39, 0.29) is 10.9 Å². The molecular formula is C19H18Cl2N4O2S. The van der Waals surface area contributed by atoms with Crippen LogP contribution in [0.3, 0.4) is 0 Å². The monoisotopic (exact) mass is 436 g/mol. The van der Waals surface area contributed by atoms with Crippen LogP contribution in [0.25, 0.3) is 10.9 Å². The molecule has 1 fully saturated rings. The number of anilines is 2. The van der Waals surface area contributed by atoms with Gasteiger partial charge in [0.15, 0.2) is 9.84 Å². The number of sulfone groups is 1. The average Bonchev–Trinajstić information content (AvgIpc) is 3.09. The minimum atomic E-state index is -3.31. The number of fused-ring (bicyclic) bond motifs is 1. The van der Waals surface area contributed by atoms with Gasteiger partial charge in [-0.25, -0.2) is 18.4 Å². The average molecular weight is 437 g/mol. The van der Waals surface area contributed by atoms with Crippen molar-refractivity contribution in [3.05, 3.63) is 52.8 Å². The smallest absolute Gasteiger partial charge is 0.175 e. The largest absolute Gasteiger partial charge is 0.368 e. The number of rotatable bonds is 4. The fraction of sp³-hybridized carbons (Fsp3) is 0.263. The summed E-state index contributed by atoms with van der Waals surface area (Å²) in [5.74, 6) is 0.629. The Hall–Kier alpha value is -2.09. The molecule has 1 N–H and O–H groups in total. The molecule has 1 saturated heterocycles. The van der Waals surface area contributed by atoms with Crippen molar-refractivity contribution in [1.29, 1.82) is 0 Å². The minimum absolute atomic E-state index is 0.145. The van der Waals surface area contributed by atoms with E-state index in [1.807, 2.05) is 12.1 Å². The Balaban J connectivity index is 1.59. The fourth-order valence-electron chi connectivity index (χ4n) is 3.41. The molecule has 0 bridgehead atoms. The summed E-state index contributed by atoms with van der Waals surface area (Å²) in [6, 6.07) is 10.5.